The highest BCUT2D eigenvalue weighted by Gasteiger charge is 2.33. The van der Waals surface area contributed by atoms with Gasteiger partial charge in [0.2, 0.25) is 0 Å². The average Bonchev–Trinajstić information content (AvgIpc) is 2.92. The molecule has 5 heteroatoms. The highest BCUT2D eigenvalue weighted by molar-refractivity contribution is 5.77. The number of carbonyl (C=O) groups is 1. The van der Waals surface area contributed by atoms with E-state index in [2.05, 4.69) is 36.3 Å². The van der Waals surface area contributed by atoms with Gasteiger partial charge in [-0.15, -0.1) is 0 Å². The lowest BCUT2D eigenvalue weighted by Gasteiger charge is -2.39. The normalized spacial score (nSPS) is 23.4. The lowest BCUT2D eigenvalue weighted by Crippen LogP contribution is -2.48. The van der Waals surface area contributed by atoms with Gasteiger partial charge in [-0.05, 0) is 64.7 Å². The monoisotopic (exact) mass is 329 g/mol. The zero-order chi connectivity index (χ0) is 17.5. The van der Waals surface area contributed by atoms with Crippen molar-refractivity contribution in [3.05, 3.63) is 29.5 Å². The second-order valence-electron chi connectivity index (χ2n) is 7.74. The largest absolute Gasteiger partial charge is 0.444 e. The van der Waals surface area contributed by atoms with Gasteiger partial charge in [-0.2, -0.15) is 0 Å². The summed E-state index contributed by atoms with van der Waals surface area (Å²) in [6, 6.07) is 2.21. The summed E-state index contributed by atoms with van der Waals surface area (Å²) in [5.41, 5.74) is 3.40. The number of carbonyl (C=O) groups excluding carboxylic acids is 1. The molecule has 0 saturated carbocycles. The zero-order valence-corrected chi connectivity index (χ0v) is 15.2. The molecule has 0 saturated heterocycles. The van der Waals surface area contributed by atoms with Crippen LogP contribution in [0, 0.1) is 0 Å². The van der Waals surface area contributed by atoms with Crippen LogP contribution in [0.4, 0.5) is 10.6 Å². The van der Waals surface area contributed by atoms with Crippen LogP contribution in [0.15, 0.2) is 18.3 Å². The molecule has 0 fully saturated rings. The van der Waals surface area contributed by atoms with Crippen LogP contribution < -0.4 is 5.32 Å². The number of nitrogens with one attached hydrogen (secondary N) is 1. The van der Waals surface area contributed by atoms with Crippen molar-refractivity contribution in [2.75, 3.05) is 11.9 Å². The number of pyridine rings is 1. The SMILES string of the molecule is C[C@@H]1CC(c2ccnc3c2CCN3)=C[C@H](C)N1C(=O)OC(C)(C)C. The molecule has 1 aromatic rings. The van der Waals surface area contributed by atoms with Gasteiger partial charge < -0.3 is 10.1 Å². The molecule has 0 unspecified atom stereocenters. The van der Waals surface area contributed by atoms with Gasteiger partial charge in [0.1, 0.15) is 11.4 Å². The van der Waals surface area contributed by atoms with Crippen molar-refractivity contribution < 1.29 is 9.53 Å². The van der Waals surface area contributed by atoms with Crippen molar-refractivity contribution in [2.45, 2.75) is 65.1 Å². The van der Waals surface area contributed by atoms with Gasteiger partial charge in [-0.1, -0.05) is 6.08 Å². The van der Waals surface area contributed by atoms with Crippen LogP contribution >= 0.6 is 0 Å². The van der Waals surface area contributed by atoms with Crippen LogP contribution in [-0.4, -0.2) is 40.2 Å². The number of hydrogen-bond acceptors (Lipinski definition) is 4. The molecule has 1 aromatic heterocycles. The second-order valence-corrected chi connectivity index (χ2v) is 7.74. The van der Waals surface area contributed by atoms with Crippen molar-refractivity contribution in [3.63, 3.8) is 0 Å². The lowest BCUT2D eigenvalue weighted by atomic mass is 9.89. The summed E-state index contributed by atoms with van der Waals surface area (Å²) >= 11 is 0. The smallest absolute Gasteiger partial charge is 0.411 e. The number of anilines is 1. The highest BCUT2D eigenvalue weighted by Crippen LogP contribution is 2.35. The molecule has 0 bridgehead atoms. The Bertz CT molecular complexity index is 676. The maximum absolute atomic E-state index is 12.5. The Morgan fingerprint density at radius 1 is 1.38 bits per heavy atom. The van der Waals surface area contributed by atoms with Crippen LogP contribution in [0.1, 0.15) is 52.2 Å². The Hall–Kier alpha value is -2.04. The van der Waals surface area contributed by atoms with Crippen LogP contribution in [0.2, 0.25) is 0 Å². The fourth-order valence-corrected chi connectivity index (χ4v) is 3.62. The van der Waals surface area contributed by atoms with E-state index in [1.807, 2.05) is 31.9 Å². The molecule has 0 aromatic carbocycles. The third-order valence-corrected chi connectivity index (χ3v) is 4.54. The van der Waals surface area contributed by atoms with Crippen molar-refractivity contribution in [1.82, 2.24) is 9.88 Å². The fraction of sp³-hybridized carbons (Fsp3) is 0.579. The van der Waals surface area contributed by atoms with E-state index in [0.29, 0.717) is 0 Å². The number of aromatic nitrogens is 1. The number of rotatable bonds is 1. The molecule has 3 rings (SSSR count). The Balaban J connectivity index is 1.86. The summed E-state index contributed by atoms with van der Waals surface area (Å²) in [7, 11) is 0. The molecule has 5 nitrogen and oxygen atoms in total. The summed E-state index contributed by atoms with van der Waals surface area (Å²) in [6.07, 6.45) is 5.66. The predicted molar refractivity (Wildman–Crippen MR) is 96.0 cm³/mol. The van der Waals surface area contributed by atoms with Crippen molar-refractivity contribution in [1.29, 1.82) is 0 Å². The van der Waals surface area contributed by atoms with Crippen molar-refractivity contribution >= 4 is 17.5 Å². The number of fused-ring (bicyclic) bond motifs is 1. The van der Waals surface area contributed by atoms with Crippen LogP contribution in [0.3, 0.4) is 0 Å². The molecule has 2 aliphatic heterocycles. The summed E-state index contributed by atoms with van der Waals surface area (Å²) in [5, 5.41) is 3.33. The molecule has 1 amide bonds. The first kappa shape index (κ1) is 16.8. The Kier molecular flexibility index (Phi) is 4.28. The van der Waals surface area contributed by atoms with Gasteiger partial charge in [0.05, 0.1) is 6.04 Å². The number of hydrogen-bond donors (Lipinski definition) is 1. The molecule has 0 aliphatic carbocycles. The fourth-order valence-electron chi connectivity index (χ4n) is 3.62. The molecule has 0 radical (unpaired) electrons. The van der Waals surface area contributed by atoms with Gasteiger partial charge in [-0.3, -0.25) is 4.90 Å². The van der Waals surface area contributed by atoms with Crippen LogP contribution in [0.25, 0.3) is 5.57 Å². The van der Waals surface area contributed by atoms with Gasteiger partial charge in [0.15, 0.2) is 0 Å². The minimum Gasteiger partial charge on any atom is -0.444 e. The molecular formula is C19H27N3O2. The van der Waals surface area contributed by atoms with E-state index in [9.17, 15) is 4.79 Å². The minimum atomic E-state index is -0.474. The van der Waals surface area contributed by atoms with E-state index in [1.54, 1.807) is 0 Å². The molecule has 130 valence electrons. The van der Waals surface area contributed by atoms with E-state index in [-0.39, 0.29) is 18.2 Å². The molecule has 1 N–H and O–H groups in total. The number of ether oxygens (including phenoxy) is 1. The first-order chi connectivity index (χ1) is 11.3. The van der Waals surface area contributed by atoms with Crippen LogP contribution in [-0.2, 0) is 11.2 Å². The van der Waals surface area contributed by atoms with Gasteiger partial charge in [0.25, 0.3) is 0 Å². The number of nitrogens with zero attached hydrogens (tertiary/aromatic N) is 2. The lowest BCUT2D eigenvalue weighted by molar-refractivity contribution is 0.0123. The molecular weight excluding hydrogens is 302 g/mol. The summed E-state index contributed by atoms with van der Waals surface area (Å²) in [6.45, 7) is 10.8. The third kappa shape index (κ3) is 3.25. The third-order valence-electron chi connectivity index (χ3n) is 4.54. The highest BCUT2D eigenvalue weighted by atomic mass is 16.6. The minimum absolute atomic E-state index is 0.0109. The van der Waals surface area contributed by atoms with E-state index < -0.39 is 5.60 Å². The molecule has 2 atom stereocenters. The molecule has 0 spiro atoms. The van der Waals surface area contributed by atoms with Gasteiger partial charge >= 0.3 is 6.09 Å². The van der Waals surface area contributed by atoms with Gasteiger partial charge in [0, 0.05) is 24.3 Å². The number of amides is 1. The standard InChI is InChI=1S/C19H27N3O2/c1-12-10-14(15-6-8-20-17-16(15)7-9-21-17)11-13(2)22(12)18(23)24-19(3,4)5/h6,8,10,12-13H,7,9,11H2,1-5H3,(H,20,21)/t12-,13+/m0/s1. The summed E-state index contributed by atoms with van der Waals surface area (Å²) in [4.78, 5) is 18.8. The Labute approximate surface area is 144 Å². The predicted octanol–water partition coefficient (Wildman–Crippen LogP) is 3.85. The van der Waals surface area contributed by atoms with E-state index in [0.717, 1.165) is 25.2 Å². The van der Waals surface area contributed by atoms with Crippen molar-refractivity contribution in [3.8, 4) is 0 Å². The molecule has 24 heavy (non-hydrogen) atoms. The molecule has 3 heterocycles. The molecule has 2 aliphatic rings. The van der Waals surface area contributed by atoms with E-state index >= 15 is 0 Å². The van der Waals surface area contributed by atoms with Crippen LogP contribution in [0.5, 0.6) is 0 Å². The van der Waals surface area contributed by atoms with E-state index in [1.165, 1.54) is 16.7 Å². The first-order valence-electron chi connectivity index (χ1n) is 8.70. The Morgan fingerprint density at radius 2 is 2.12 bits per heavy atom. The second kappa shape index (κ2) is 6.11. The average molecular weight is 329 g/mol. The first-order valence-corrected chi connectivity index (χ1v) is 8.70. The maximum Gasteiger partial charge on any atom is 0.411 e. The van der Waals surface area contributed by atoms with Gasteiger partial charge in [-0.25, -0.2) is 9.78 Å². The summed E-state index contributed by atoms with van der Waals surface area (Å²) < 4.78 is 5.57. The topological polar surface area (TPSA) is 54.5 Å². The van der Waals surface area contributed by atoms with E-state index in [4.69, 9.17) is 4.74 Å². The maximum atomic E-state index is 12.5. The quantitative estimate of drug-likeness (QED) is 0.850. The summed E-state index contributed by atoms with van der Waals surface area (Å²) in [5.74, 6) is 1.00. The van der Waals surface area contributed by atoms with Crippen molar-refractivity contribution in [2.24, 2.45) is 0 Å². The zero-order valence-electron chi connectivity index (χ0n) is 15.2. The Morgan fingerprint density at radius 3 is 2.79 bits per heavy atom.